The first-order valence-electron chi connectivity index (χ1n) is 5.98. The van der Waals surface area contributed by atoms with Gasteiger partial charge in [0.2, 0.25) is 0 Å². The van der Waals surface area contributed by atoms with Crippen molar-refractivity contribution in [2.75, 3.05) is 0 Å². The Balaban J connectivity index is 2.53. The van der Waals surface area contributed by atoms with Gasteiger partial charge in [0.15, 0.2) is 0 Å². The normalized spacial score (nSPS) is 20.9. The highest BCUT2D eigenvalue weighted by atomic mass is 14.3. The van der Waals surface area contributed by atoms with E-state index in [0.717, 1.165) is 0 Å². The lowest BCUT2D eigenvalue weighted by Gasteiger charge is -2.08. The standard InChI is InChI=1S/C16H20/c1-10-6-8-15(9-7-10)16-13(4)11(2)12(3)14(16)5/h6-9,11H,1-5H3. The monoisotopic (exact) mass is 212 g/mol. The van der Waals surface area contributed by atoms with Crippen molar-refractivity contribution in [1.82, 2.24) is 0 Å². The minimum Gasteiger partial charge on any atom is -0.0629 e. The van der Waals surface area contributed by atoms with Crippen molar-refractivity contribution in [3.05, 3.63) is 52.1 Å². The van der Waals surface area contributed by atoms with Gasteiger partial charge in [-0.25, -0.2) is 0 Å². The van der Waals surface area contributed by atoms with Crippen molar-refractivity contribution >= 4 is 5.57 Å². The molecule has 0 N–H and O–H groups in total. The van der Waals surface area contributed by atoms with Crippen LogP contribution in [0.5, 0.6) is 0 Å². The second-order valence-corrected chi connectivity index (χ2v) is 4.95. The predicted octanol–water partition coefficient (Wildman–Crippen LogP) is 4.75. The van der Waals surface area contributed by atoms with Crippen LogP contribution in [-0.2, 0) is 0 Å². The summed E-state index contributed by atoms with van der Waals surface area (Å²) in [6, 6.07) is 8.87. The van der Waals surface area contributed by atoms with Gasteiger partial charge in [-0.2, -0.15) is 0 Å². The zero-order valence-corrected chi connectivity index (χ0v) is 10.9. The molecule has 0 nitrogen and oxygen atoms in total. The molecule has 1 aliphatic carbocycles. The summed E-state index contributed by atoms with van der Waals surface area (Å²) in [6.45, 7) is 11.2. The van der Waals surface area contributed by atoms with E-state index in [1.807, 2.05) is 0 Å². The van der Waals surface area contributed by atoms with Crippen molar-refractivity contribution < 1.29 is 0 Å². The van der Waals surface area contributed by atoms with E-state index < -0.39 is 0 Å². The Hall–Kier alpha value is -1.30. The molecule has 1 atom stereocenters. The van der Waals surface area contributed by atoms with E-state index in [0.29, 0.717) is 5.92 Å². The summed E-state index contributed by atoms with van der Waals surface area (Å²) in [5.41, 5.74) is 8.65. The smallest absolute Gasteiger partial charge is 0.00117 e. The van der Waals surface area contributed by atoms with Gasteiger partial charge < -0.3 is 0 Å². The first-order chi connectivity index (χ1) is 7.52. The van der Waals surface area contributed by atoms with Crippen molar-refractivity contribution in [3.63, 3.8) is 0 Å². The summed E-state index contributed by atoms with van der Waals surface area (Å²) >= 11 is 0. The summed E-state index contributed by atoms with van der Waals surface area (Å²) < 4.78 is 0. The predicted molar refractivity (Wildman–Crippen MR) is 71.3 cm³/mol. The van der Waals surface area contributed by atoms with E-state index in [1.165, 1.54) is 33.4 Å². The number of allylic oxidation sites excluding steroid dienone is 4. The second kappa shape index (κ2) is 3.93. The van der Waals surface area contributed by atoms with E-state index in [9.17, 15) is 0 Å². The van der Waals surface area contributed by atoms with Gasteiger partial charge >= 0.3 is 0 Å². The minimum atomic E-state index is 0.608. The van der Waals surface area contributed by atoms with E-state index in [4.69, 9.17) is 0 Å². The molecule has 0 bridgehead atoms. The number of benzene rings is 1. The molecular weight excluding hydrogens is 192 g/mol. The fourth-order valence-electron chi connectivity index (χ4n) is 2.52. The molecule has 0 saturated carbocycles. The van der Waals surface area contributed by atoms with E-state index in [1.54, 1.807) is 0 Å². The highest BCUT2D eigenvalue weighted by molar-refractivity contribution is 5.85. The molecule has 1 aromatic carbocycles. The highest BCUT2D eigenvalue weighted by Crippen LogP contribution is 2.41. The molecule has 0 radical (unpaired) electrons. The van der Waals surface area contributed by atoms with Crippen molar-refractivity contribution in [2.45, 2.75) is 34.6 Å². The van der Waals surface area contributed by atoms with Crippen LogP contribution in [0.1, 0.15) is 38.8 Å². The number of aryl methyl sites for hydroxylation is 1. The topological polar surface area (TPSA) is 0 Å². The molecule has 0 amide bonds. The average Bonchev–Trinajstić information content (AvgIpc) is 2.46. The van der Waals surface area contributed by atoms with Gasteiger partial charge in [0.1, 0.15) is 0 Å². The minimum absolute atomic E-state index is 0.608. The molecule has 16 heavy (non-hydrogen) atoms. The molecule has 84 valence electrons. The second-order valence-electron chi connectivity index (χ2n) is 4.95. The Morgan fingerprint density at radius 3 is 1.81 bits per heavy atom. The summed E-state index contributed by atoms with van der Waals surface area (Å²) in [6.07, 6.45) is 0. The molecule has 0 aromatic heterocycles. The van der Waals surface area contributed by atoms with Crippen molar-refractivity contribution in [3.8, 4) is 0 Å². The quantitative estimate of drug-likeness (QED) is 0.630. The first-order valence-corrected chi connectivity index (χ1v) is 5.98. The largest absolute Gasteiger partial charge is 0.0629 e. The van der Waals surface area contributed by atoms with Gasteiger partial charge in [0.05, 0.1) is 0 Å². The zero-order valence-electron chi connectivity index (χ0n) is 10.9. The Morgan fingerprint density at radius 1 is 0.812 bits per heavy atom. The first kappa shape index (κ1) is 11.2. The van der Waals surface area contributed by atoms with Crippen LogP contribution in [0.4, 0.5) is 0 Å². The van der Waals surface area contributed by atoms with Crippen LogP contribution < -0.4 is 0 Å². The molecule has 0 fully saturated rings. The maximum absolute atomic E-state index is 2.30. The van der Waals surface area contributed by atoms with E-state index in [2.05, 4.69) is 58.9 Å². The average molecular weight is 212 g/mol. The van der Waals surface area contributed by atoms with Gasteiger partial charge in [-0.1, -0.05) is 47.9 Å². The Kier molecular flexibility index (Phi) is 2.75. The van der Waals surface area contributed by atoms with Crippen molar-refractivity contribution in [2.24, 2.45) is 5.92 Å². The molecule has 0 saturated heterocycles. The molecule has 0 heteroatoms. The van der Waals surface area contributed by atoms with E-state index >= 15 is 0 Å². The Morgan fingerprint density at radius 2 is 1.38 bits per heavy atom. The molecule has 0 heterocycles. The van der Waals surface area contributed by atoms with Gasteiger partial charge in [0.25, 0.3) is 0 Å². The molecule has 1 aliphatic rings. The third kappa shape index (κ3) is 1.63. The summed E-state index contributed by atoms with van der Waals surface area (Å²) in [7, 11) is 0. The van der Waals surface area contributed by atoms with Crippen LogP contribution in [-0.4, -0.2) is 0 Å². The maximum atomic E-state index is 2.30. The number of hydrogen-bond donors (Lipinski definition) is 0. The Labute approximate surface area is 98.7 Å². The summed E-state index contributed by atoms with van der Waals surface area (Å²) in [5.74, 6) is 0.608. The fourth-order valence-corrected chi connectivity index (χ4v) is 2.52. The fraction of sp³-hybridized carbons (Fsp3) is 0.375. The summed E-state index contributed by atoms with van der Waals surface area (Å²) in [5, 5.41) is 0. The lowest BCUT2D eigenvalue weighted by Crippen LogP contribution is -1.92. The molecule has 0 spiro atoms. The zero-order chi connectivity index (χ0) is 11.9. The van der Waals surface area contributed by atoms with Crippen LogP contribution in [0.15, 0.2) is 41.0 Å². The van der Waals surface area contributed by atoms with E-state index in [-0.39, 0.29) is 0 Å². The SMILES string of the molecule is CC1=C(C)C(C)C(C)=C1c1ccc(C)cc1. The lowest BCUT2D eigenvalue weighted by molar-refractivity contribution is 0.818. The van der Waals surface area contributed by atoms with Gasteiger partial charge in [0, 0.05) is 0 Å². The van der Waals surface area contributed by atoms with Crippen LogP contribution in [0.25, 0.3) is 5.57 Å². The molecule has 0 aliphatic heterocycles. The van der Waals surface area contributed by atoms with Crippen LogP contribution >= 0.6 is 0 Å². The molecule has 1 aromatic rings. The molecular formula is C16H20. The van der Waals surface area contributed by atoms with Crippen LogP contribution in [0, 0.1) is 12.8 Å². The number of rotatable bonds is 1. The number of hydrogen-bond acceptors (Lipinski definition) is 0. The van der Waals surface area contributed by atoms with Crippen LogP contribution in [0.2, 0.25) is 0 Å². The van der Waals surface area contributed by atoms with Gasteiger partial charge in [-0.3, -0.25) is 0 Å². The lowest BCUT2D eigenvalue weighted by atomic mass is 9.96. The Bertz CT molecular complexity index is 469. The third-order valence-corrected chi connectivity index (χ3v) is 4.00. The molecule has 1 unspecified atom stereocenters. The highest BCUT2D eigenvalue weighted by Gasteiger charge is 2.23. The third-order valence-electron chi connectivity index (χ3n) is 4.00. The van der Waals surface area contributed by atoms with Crippen molar-refractivity contribution in [1.29, 1.82) is 0 Å². The molecule has 2 rings (SSSR count). The van der Waals surface area contributed by atoms with Crippen LogP contribution in [0.3, 0.4) is 0 Å². The maximum Gasteiger partial charge on any atom is -0.00117 e. The summed E-state index contributed by atoms with van der Waals surface area (Å²) in [4.78, 5) is 0. The van der Waals surface area contributed by atoms with Gasteiger partial charge in [-0.05, 0) is 50.3 Å². The van der Waals surface area contributed by atoms with Gasteiger partial charge in [-0.15, -0.1) is 0 Å².